The van der Waals surface area contributed by atoms with Gasteiger partial charge in [0.05, 0.1) is 6.54 Å². The third-order valence-corrected chi connectivity index (χ3v) is 4.59. The minimum Gasteiger partial charge on any atom is -0.338 e. The van der Waals surface area contributed by atoms with E-state index in [0.29, 0.717) is 17.9 Å². The van der Waals surface area contributed by atoms with Crippen molar-refractivity contribution in [2.45, 2.75) is 51.6 Å². The molecule has 5 heteroatoms. The molecule has 0 spiro atoms. The Kier molecular flexibility index (Phi) is 3.58. The highest BCUT2D eigenvalue weighted by atomic mass is 16.5. The van der Waals surface area contributed by atoms with Crippen molar-refractivity contribution in [2.24, 2.45) is 17.6 Å². The van der Waals surface area contributed by atoms with Crippen molar-refractivity contribution in [3.63, 3.8) is 0 Å². The van der Waals surface area contributed by atoms with Crippen LogP contribution in [0.15, 0.2) is 4.52 Å². The summed E-state index contributed by atoms with van der Waals surface area (Å²) in [6.07, 6.45) is 3.80. The smallest absolute Gasteiger partial charge is 0.240 e. The summed E-state index contributed by atoms with van der Waals surface area (Å²) in [4.78, 5) is 6.89. The first-order chi connectivity index (χ1) is 9.13. The fourth-order valence-corrected chi connectivity index (χ4v) is 3.50. The number of likely N-dealkylation sites (tertiary alicyclic amines) is 1. The molecule has 0 bridgehead atoms. The SMILES string of the molecule is CC(C)c1noc(CN2CC3CCCC(N)C3C2)n1. The van der Waals surface area contributed by atoms with E-state index in [9.17, 15) is 0 Å². The predicted octanol–water partition coefficient (Wildman–Crippen LogP) is 1.75. The lowest BCUT2D eigenvalue weighted by Crippen LogP contribution is -2.38. The van der Waals surface area contributed by atoms with Crippen LogP contribution in [0.1, 0.15) is 50.7 Å². The van der Waals surface area contributed by atoms with Crippen molar-refractivity contribution in [3.8, 4) is 0 Å². The number of nitrogens with two attached hydrogens (primary N) is 1. The highest BCUT2D eigenvalue weighted by Crippen LogP contribution is 2.35. The summed E-state index contributed by atoms with van der Waals surface area (Å²) in [5, 5.41) is 4.03. The van der Waals surface area contributed by atoms with Crippen LogP contribution in [0.3, 0.4) is 0 Å². The molecule has 2 heterocycles. The minimum atomic E-state index is 0.326. The van der Waals surface area contributed by atoms with Crippen molar-refractivity contribution in [1.82, 2.24) is 15.0 Å². The zero-order valence-corrected chi connectivity index (χ0v) is 11.9. The average Bonchev–Trinajstić information content (AvgIpc) is 2.96. The monoisotopic (exact) mass is 264 g/mol. The highest BCUT2D eigenvalue weighted by Gasteiger charge is 2.38. The van der Waals surface area contributed by atoms with Gasteiger partial charge in [-0.05, 0) is 24.7 Å². The van der Waals surface area contributed by atoms with Crippen molar-refractivity contribution >= 4 is 0 Å². The van der Waals surface area contributed by atoms with E-state index < -0.39 is 0 Å². The van der Waals surface area contributed by atoms with Gasteiger partial charge in [0, 0.05) is 25.0 Å². The second-order valence-electron chi connectivity index (χ2n) is 6.41. The molecule has 1 saturated carbocycles. The lowest BCUT2D eigenvalue weighted by molar-refractivity contribution is 0.252. The molecule has 1 aromatic rings. The van der Waals surface area contributed by atoms with Gasteiger partial charge in [0.25, 0.3) is 0 Å². The molecular formula is C14H24N4O. The Bertz CT molecular complexity index is 431. The van der Waals surface area contributed by atoms with Crippen LogP contribution >= 0.6 is 0 Å². The predicted molar refractivity (Wildman–Crippen MR) is 72.5 cm³/mol. The van der Waals surface area contributed by atoms with E-state index in [4.69, 9.17) is 10.3 Å². The number of hydrogen-bond donors (Lipinski definition) is 1. The van der Waals surface area contributed by atoms with Gasteiger partial charge in [-0.25, -0.2) is 0 Å². The van der Waals surface area contributed by atoms with Gasteiger partial charge in [-0.15, -0.1) is 0 Å². The Morgan fingerprint density at radius 2 is 2.21 bits per heavy atom. The maximum Gasteiger partial charge on any atom is 0.240 e. The minimum absolute atomic E-state index is 0.326. The first-order valence-corrected chi connectivity index (χ1v) is 7.44. The largest absolute Gasteiger partial charge is 0.338 e. The van der Waals surface area contributed by atoms with E-state index in [1.54, 1.807) is 0 Å². The molecule has 0 amide bonds. The number of hydrogen-bond acceptors (Lipinski definition) is 5. The summed E-state index contributed by atoms with van der Waals surface area (Å²) in [5.74, 6) is 3.32. The molecule has 0 radical (unpaired) electrons. The average molecular weight is 264 g/mol. The zero-order valence-electron chi connectivity index (χ0n) is 11.9. The van der Waals surface area contributed by atoms with E-state index in [-0.39, 0.29) is 0 Å². The van der Waals surface area contributed by atoms with Crippen LogP contribution in [0.5, 0.6) is 0 Å². The quantitative estimate of drug-likeness (QED) is 0.901. The number of aromatic nitrogens is 2. The summed E-state index contributed by atoms with van der Waals surface area (Å²) < 4.78 is 5.33. The van der Waals surface area contributed by atoms with Crippen molar-refractivity contribution in [2.75, 3.05) is 13.1 Å². The summed E-state index contributed by atoms with van der Waals surface area (Å²) in [6.45, 7) is 7.17. The molecular weight excluding hydrogens is 240 g/mol. The highest BCUT2D eigenvalue weighted by molar-refractivity contribution is 4.96. The van der Waals surface area contributed by atoms with Gasteiger partial charge in [0.1, 0.15) is 0 Å². The Balaban J connectivity index is 1.61. The lowest BCUT2D eigenvalue weighted by Gasteiger charge is -2.29. The topological polar surface area (TPSA) is 68.2 Å². The lowest BCUT2D eigenvalue weighted by atomic mass is 9.78. The number of fused-ring (bicyclic) bond motifs is 1. The second-order valence-corrected chi connectivity index (χ2v) is 6.41. The van der Waals surface area contributed by atoms with Gasteiger partial charge in [-0.2, -0.15) is 4.98 Å². The van der Waals surface area contributed by atoms with Crippen molar-refractivity contribution in [3.05, 3.63) is 11.7 Å². The Labute approximate surface area is 114 Å². The first kappa shape index (κ1) is 13.1. The molecule has 0 aromatic carbocycles. The van der Waals surface area contributed by atoms with Crippen molar-refractivity contribution in [1.29, 1.82) is 0 Å². The van der Waals surface area contributed by atoms with Crippen LogP contribution in [-0.2, 0) is 6.54 Å². The van der Waals surface area contributed by atoms with Gasteiger partial charge in [0.2, 0.25) is 5.89 Å². The van der Waals surface area contributed by atoms with Crippen LogP contribution in [-0.4, -0.2) is 34.2 Å². The molecule has 2 aliphatic rings. The molecule has 2 N–H and O–H groups in total. The molecule has 2 fully saturated rings. The molecule has 1 aliphatic carbocycles. The van der Waals surface area contributed by atoms with E-state index in [2.05, 4.69) is 28.9 Å². The molecule has 1 saturated heterocycles. The van der Waals surface area contributed by atoms with Gasteiger partial charge in [-0.3, -0.25) is 4.90 Å². The van der Waals surface area contributed by atoms with E-state index in [1.807, 2.05) is 0 Å². The molecule has 5 nitrogen and oxygen atoms in total. The third-order valence-electron chi connectivity index (χ3n) is 4.59. The first-order valence-electron chi connectivity index (χ1n) is 7.44. The molecule has 1 aromatic heterocycles. The molecule has 3 unspecified atom stereocenters. The summed E-state index contributed by atoms with van der Waals surface area (Å²) in [7, 11) is 0. The molecule has 106 valence electrons. The zero-order chi connectivity index (χ0) is 13.4. The Morgan fingerprint density at radius 1 is 1.37 bits per heavy atom. The van der Waals surface area contributed by atoms with Gasteiger partial charge >= 0.3 is 0 Å². The maximum absolute atomic E-state index is 6.24. The number of rotatable bonds is 3. The van der Waals surface area contributed by atoms with Gasteiger partial charge in [0.15, 0.2) is 5.82 Å². The van der Waals surface area contributed by atoms with Crippen LogP contribution in [0.4, 0.5) is 0 Å². The summed E-state index contributed by atoms with van der Waals surface area (Å²) in [5.41, 5.74) is 6.24. The molecule has 3 atom stereocenters. The van der Waals surface area contributed by atoms with Gasteiger partial charge in [-0.1, -0.05) is 25.4 Å². The summed E-state index contributed by atoms with van der Waals surface area (Å²) in [6, 6.07) is 0.387. The molecule has 1 aliphatic heterocycles. The van der Waals surface area contributed by atoms with Gasteiger partial charge < -0.3 is 10.3 Å². The molecule has 19 heavy (non-hydrogen) atoms. The summed E-state index contributed by atoms with van der Waals surface area (Å²) >= 11 is 0. The van der Waals surface area contributed by atoms with Crippen LogP contribution < -0.4 is 5.73 Å². The normalized spacial score (nSPS) is 31.9. The second kappa shape index (κ2) is 5.21. The Hall–Kier alpha value is -0.940. The van der Waals surface area contributed by atoms with Crippen LogP contribution in [0, 0.1) is 11.8 Å². The van der Waals surface area contributed by atoms with Crippen LogP contribution in [0.25, 0.3) is 0 Å². The Morgan fingerprint density at radius 3 is 2.89 bits per heavy atom. The number of nitrogens with zero attached hydrogens (tertiary/aromatic N) is 3. The fourth-order valence-electron chi connectivity index (χ4n) is 3.50. The fraction of sp³-hybridized carbons (Fsp3) is 0.857. The van der Waals surface area contributed by atoms with Crippen molar-refractivity contribution < 1.29 is 4.52 Å². The third kappa shape index (κ3) is 2.67. The van der Waals surface area contributed by atoms with E-state index >= 15 is 0 Å². The van der Waals surface area contributed by atoms with E-state index in [1.165, 1.54) is 19.3 Å². The maximum atomic E-state index is 6.24. The molecule has 3 rings (SSSR count). The van der Waals surface area contributed by atoms with E-state index in [0.717, 1.165) is 37.3 Å². The standard InChI is InChI=1S/C14H24N4O/c1-9(2)14-16-13(19-17-14)8-18-6-10-4-3-5-12(15)11(10)7-18/h9-12H,3-8,15H2,1-2H3. The van der Waals surface area contributed by atoms with Crippen LogP contribution in [0.2, 0.25) is 0 Å².